The van der Waals surface area contributed by atoms with Crippen molar-refractivity contribution in [3.63, 3.8) is 0 Å². The maximum atomic E-state index is 14.0. The summed E-state index contributed by atoms with van der Waals surface area (Å²) < 4.78 is 0. The highest BCUT2D eigenvalue weighted by Crippen LogP contribution is 2.51. The summed E-state index contributed by atoms with van der Waals surface area (Å²) in [6.45, 7) is 1.84. The molecule has 0 aromatic heterocycles. The third kappa shape index (κ3) is 3.67. The summed E-state index contributed by atoms with van der Waals surface area (Å²) in [5.41, 5.74) is 2.19. The van der Waals surface area contributed by atoms with Crippen LogP contribution in [0.4, 0.5) is 11.4 Å². The van der Waals surface area contributed by atoms with Crippen molar-refractivity contribution in [1.82, 2.24) is 5.32 Å². The van der Waals surface area contributed by atoms with Crippen molar-refractivity contribution in [3.05, 3.63) is 95.6 Å². The Kier molecular flexibility index (Phi) is 5.88. The molecule has 2 heterocycles. The standard InChI is InChI=1S/C29H29N3O4/c1-18-9-7-8-12-22(18)32-26(33)23-24(27(32)34)29(28(35)36,17-19-10-5-4-6-11-19)30-25(23)20-13-15-21(16-14-20)31(2)3/h4-16,23-25,30H,17H2,1-3H3,(H,35,36). The summed E-state index contributed by atoms with van der Waals surface area (Å²) in [4.78, 5) is 44.1. The van der Waals surface area contributed by atoms with Gasteiger partial charge in [-0.1, -0.05) is 60.7 Å². The van der Waals surface area contributed by atoms with E-state index in [1.807, 2.05) is 92.6 Å². The Balaban J connectivity index is 1.65. The lowest BCUT2D eigenvalue weighted by Crippen LogP contribution is -2.57. The van der Waals surface area contributed by atoms with Crippen molar-refractivity contribution in [2.75, 3.05) is 23.9 Å². The molecule has 0 aliphatic carbocycles. The van der Waals surface area contributed by atoms with E-state index in [1.54, 1.807) is 12.1 Å². The summed E-state index contributed by atoms with van der Waals surface area (Å²) in [5.74, 6) is -3.88. The third-order valence-electron chi connectivity index (χ3n) is 7.49. The monoisotopic (exact) mass is 483 g/mol. The first-order chi connectivity index (χ1) is 17.2. The molecular weight excluding hydrogens is 454 g/mol. The molecule has 2 fully saturated rings. The van der Waals surface area contributed by atoms with Crippen molar-refractivity contribution in [2.45, 2.75) is 24.9 Å². The largest absolute Gasteiger partial charge is 0.480 e. The molecule has 4 atom stereocenters. The van der Waals surface area contributed by atoms with E-state index in [4.69, 9.17) is 0 Å². The quantitative estimate of drug-likeness (QED) is 0.521. The molecule has 3 aromatic carbocycles. The average Bonchev–Trinajstić information content (AvgIpc) is 3.34. The molecule has 0 spiro atoms. The van der Waals surface area contributed by atoms with Gasteiger partial charge in [-0.05, 0) is 41.8 Å². The number of aryl methyl sites for hydroxylation is 1. The van der Waals surface area contributed by atoms with Gasteiger partial charge in [0.1, 0.15) is 5.54 Å². The number of carboxylic acids is 1. The first kappa shape index (κ1) is 23.8. The van der Waals surface area contributed by atoms with Crippen molar-refractivity contribution < 1.29 is 19.5 Å². The maximum Gasteiger partial charge on any atom is 0.325 e. The van der Waals surface area contributed by atoms with Crippen LogP contribution in [0.3, 0.4) is 0 Å². The second-order valence-electron chi connectivity index (χ2n) is 9.85. The number of benzene rings is 3. The number of amides is 2. The van der Waals surface area contributed by atoms with Crippen LogP contribution in [0.2, 0.25) is 0 Å². The second kappa shape index (κ2) is 8.91. The summed E-state index contributed by atoms with van der Waals surface area (Å²) >= 11 is 0. The molecule has 184 valence electrons. The van der Waals surface area contributed by atoms with E-state index in [0.29, 0.717) is 5.69 Å². The molecule has 2 amide bonds. The fourth-order valence-corrected chi connectivity index (χ4v) is 5.67. The van der Waals surface area contributed by atoms with Crippen molar-refractivity contribution >= 4 is 29.2 Å². The smallest absolute Gasteiger partial charge is 0.325 e. The Morgan fingerprint density at radius 1 is 0.944 bits per heavy atom. The van der Waals surface area contributed by atoms with Crippen molar-refractivity contribution in [2.24, 2.45) is 11.8 Å². The van der Waals surface area contributed by atoms with Gasteiger partial charge in [0.05, 0.1) is 17.5 Å². The van der Waals surface area contributed by atoms with Gasteiger partial charge >= 0.3 is 5.97 Å². The molecule has 2 aliphatic heterocycles. The van der Waals surface area contributed by atoms with Crippen molar-refractivity contribution in [1.29, 1.82) is 0 Å². The number of carbonyl (C=O) groups excluding carboxylic acids is 2. The van der Waals surface area contributed by atoms with Crippen LogP contribution in [0.25, 0.3) is 0 Å². The lowest BCUT2D eigenvalue weighted by molar-refractivity contribution is -0.148. The number of imide groups is 1. The number of hydrogen-bond donors (Lipinski definition) is 2. The lowest BCUT2D eigenvalue weighted by atomic mass is 9.76. The minimum Gasteiger partial charge on any atom is -0.480 e. The zero-order chi connectivity index (χ0) is 25.6. The molecule has 3 aromatic rings. The summed E-state index contributed by atoms with van der Waals surface area (Å²) in [6, 6.07) is 23.5. The van der Waals surface area contributed by atoms with Gasteiger partial charge < -0.3 is 10.0 Å². The lowest BCUT2D eigenvalue weighted by Gasteiger charge is -2.31. The van der Waals surface area contributed by atoms with E-state index in [9.17, 15) is 19.5 Å². The molecule has 0 radical (unpaired) electrons. The van der Waals surface area contributed by atoms with E-state index in [2.05, 4.69) is 5.32 Å². The fraction of sp³-hybridized carbons (Fsp3) is 0.276. The van der Waals surface area contributed by atoms with Gasteiger partial charge in [-0.2, -0.15) is 0 Å². The van der Waals surface area contributed by atoms with Crippen LogP contribution in [0.15, 0.2) is 78.9 Å². The van der Waals surface area contributed by atoms with E-state index < -0.39 is 35.3 Å². The zero-order valence-corrected chi connectivity index (χ0v) is 20.5. The number of carboxylic acid groups (broad SMARTS) is 1. The van der Waals surface area contributed by atoms with Crippen LogP contribution in [0, 0.1) is 18.8 Å². The molecule has 2 saturated heterocycles. The predicted octanol–water partition coefficient (Wildman–Crippen LogP) is 3.58. The van der Waals surface area contributed by atoms with Gasteiger partial charge in [-0.25, -0.2) is 4.90 Å². The number of carbonyl (C=O) groups is 3. The zero-order valence-electron chi connectivity index (χ0n) is 20.5. The normalized spacial score (nSPS) is 25.2. The Morgan fingerprint density at radius 2 is 1.58 bits per heavy atom. The summed E-state index contributed by atoms with van der Waals surface area (Å²) in [6.07, 6.45) is 0.0806. The fourth-order valence-electron chi connectivity index (χ4n) is 5.67. The van der Waals surface area contributed by atoms with Crippen LogP contribution in [0.1, 0.15) is 22.7 Å². The molecule has 2 aliphatic rings. The number of anilines is 2. The molecule has 0 bridgehead atoms. The predicted molar refractivity (Wildman–Crippen MR) is 138 cm³/mol. The van der Waals surface area contributed by atoms with Crippen LogP contribution in [-0.4, -0.2) is 42.5 Å². The Bertz CT molecular complexity index is 1320. The minimum atomic E-state index is -1.64. The highest BCUT2D eigenvalue weighted by molar-refractivity contribution is 6.24. The van der Waals surface area contributed by atoms with Gasteiger partial charge in [0.25, 0.3) is 0 Å². The molecule has 7 heteroatoms. The van der Waals surface area contributed by atoms with E-state index in [0.717, 1.165) is 22.4 Å². The Labute approximate surface area is 210 Å². The number of nitrogens with zero attached hydrogens (tertiary/aromatic N) is 2. The maximum absolute atomic E-state index is 14.0. The Hall–Kier alpha value is -3.97. The molecule has 36 heavy (non-hydrogen) atoms. The highest BCUT2D eigenvalue weighted by Gasteiger charge is 2.68. The van der Waals surface area contributed by atoms with Gasteiger partial charge in [0.2, 0.25) is 11.8 Å². The SMILES string of the molecule is Cc1ccccc1N1C(=O)C2C(c3ccc(N(C)C)cc3)NC(Cc3ccccc3)(C(=O)O)C2C1=O. The molecular formula is C29H29N3O4. The molecule has 5 rings (SSSR count). The van der Waals surface area contributed by atoms with Crippen LogP contribution in [0.5, 0.6) is 0 Å². The second-order valence-corrected chi connectivity index (χ2v) is 9.85. The highest BCUT2D eigenvalue weighted by atomic mass is 16.4. The number of fused-ring (bicyclic) bond motifs is 1. The first-order valence-electron chi connectivity index (χ1n) is 12.0. The molecule has 0 saturated carbocycles. The number of nitrogens with one attached hydrogen (secondary N) is 1. The number of rotatable bonds is 6. The van der Waals surface area contributed by atoms with Gasteiger partial charge in [0.15, 0.2) is 0 Å². The number of para-hydroxylation sites is 1. The van der Waals surface area contributed by atoms with Crippen molar-refractivity contribution in [3.8, 4) is 0 Å². The molecule has 2 N–H and O–H groups in total. The minimum absolute atomic E-state index is 0.0806. The average molecular weight is 484 g/mol. The van der Waals surface area contributed by atoms with Crippen LogP contribution >= 0.6 is 0 Å². The third-order valence-corrected chi connectivity index (χ3v) is 7.49. The van der Waals surface area contributed by atoms with Gasteiger partial charge in [0, 0.05) is 32.2 Å². The first-order valence-corrected chi connectivity index (χ1v) is 12.0. The van der Waals surface area contributed by atoms with Crippen LogP contribution in [-0.2, 0) is 20.8 Å². The van der Waals surface area contributed by atoms with Gasteiger partial charge in [-0.3, -0.25) is 19.7 Å². The summed E-state index contributed by atoms with van der Waals surface area (Å²) in [7, 11) is 3.88. The Morgan fingerprint density at radius 3 is 2.19 bits per heavy atom. The van der Waals surface area contributed by atoms with E-state index in [-0.39, 0.29) is 12.3 Å². The molecule has 7 nitrogen and oxygen atoms in total. The van der Waals surface area contributed by atoms with Crippen LogP contribution < -0.4 is 15.1 Å². The molecule has 4 unspecified atom stereocenters. The topological polar surface area (TPSA) is 90.0 Å². The van der Waals surface area contributed by atoms with Gasteiger partial charge in [-0.15, -0.1) is 0 Å². The number of aliphatic carboxylic acids is 1. The summed E-state index contributed by atoms with van der Waals surface area (Å²) in [5, 5.41) is 13.9. The van der Waals surface area contributed by atoms with E-state index >= 15 is 0 Å². The number of hydrogen-bond acceptors (Lipinski definition) is 5. The van der Waals surface area contributed by atoms with E-state index in [1.165, 1.54) is 4.90 Å².